The highest BCUT2D eigenvalue weighted by molar-refractivity contribution is 5.81. The molecular weight excluding hydrogens is 178 g/mol. The van der Waals surface area contributed by atoms with Crippen molar-refractivity contribution in [3.8, 4) is 0 Å². The lowest BCUT2D eigenvalue weighted by Gasteiger charge is -2.27. The second kappa shape index (κ2) is 4.84. The summed E-state index contributed by atoms with van der Waals surface area (Å²) in [6, 6.07) is 0. The van der Waals surface area contributed by atoms with E-state index in [0.29, 0.717) is 0 Å². The lowest BCUT2D eigenvalue weighted by molar-refractivity contribution is -0.134. The molecule has 0 radical (unpaired) electrons. The van der Waals surface area contributed by atoms with Gasteiger partial charge in [-0.05, 0) is 20.3 Å². The Kier molecular flexibility index (Phi) is 3.74. The topological polar surface area (TPSA) is 29.5 Å². The molecular formula is C11H17NO2. The second-order valence-electron chi connectivity index (χ2n) is 3.62. The van der Waals surface area contributed by atoms with Crippen LogP contribution >= 0.6 is 0 Å². The quantitative estimate of drug-likeness (QED) is 0.381. The van der Waals surface area contributed by atoms with Crippen LogP contribution in [0.5, 0.6) is 0 Å². The molecule has 0 saturated heterocycles. The van der Waals surface area contributed by atoms with Crippen LogP contribution in [0.25, 0.3) is 0 Å². The number of carbonyl (C=O) groups is 1. The van der Waals surface area contributed by atoms with E-state index in [1.54, 1.807) is 0 Å². The summed E-state index contributed by atoms with van der Waals surface area (Å²) in [4.78, 5) is 13.0. The summed E-state index contributed by atoms with van der Waals surface area (Å²) in [5.41, 5.74) is 2.86. The Morgan fingerprint density at radius 1 is 1.43 bits per heavy atom. The van der Waals surface area contributed by atoms with Crippen LogP contribution in [0.15, 0.2) is 23.4 Å². The van der Waals surface area contributed by atoms with Gasteiger partial charge in [-0.2, -0.15) is 0 Å². The molecule has 0 N–H and O–H groups in total. The molecule has 0 spiro atoms. The number of methoxy groups -OCH3 is 1. The largest absolute Gasteiger partial charge is 0.466 e. The molecule has 0 saturated carbocycles. The van der Waals surface area contributed by atoms with E-state index in [9.17, 15) is 4.79 Å². The predicted molar refractivity (Wildman–Crippen MR) is 55.7 cm³/mol. The van der Waals surface area contributed by atoms with Crippen molar-refractivity contribution in [1.29, 1.82) is 0 Å². The van der Waals surface area contributed by atoms with Gasteiger partial charge in [-0.3, -0.25) is 0 Å². The Morgan fingerprint density at radius 3 is 2.71 bits per heavy atom. The number of esters is 1. The highest BCUT2D eigenvalue weighted by Crippen LogP contribution is 2.16. The fourth-order valence-electron chi connectivity index (χ4n) is 1.40. The lowest BCUT2D eigenvalue weighted by atomic mass is 10.0. The number of nitrogens with zero attached hydrogens (tertiary/aromatic N) is 1. The number of ether oxygens (including phenoxy) is 1. The zero-order valence-corrected chi connectivity index (χ0v) is 9.04. The van der Waals surface area contributed by atoms with E-state index >= 15 is 0 Å². The zero-order chi connectivity index (χ0) is 10.6. The van der Waals surface area contributed by atoms with E-state index in [-0.39, 0.29) is 5.97 Å². The molecule has 0 aromatic rings. The minimum absolute atomic E-state index is 0.297. The first-order valence-corrected chi connectivity index (χ1v) is 4.79. The van der Waals surface area contributed by atoms with Crippen molar-refractivity contribution in [1.82, 2.24) is 4.90 Å². The van der Waals surface area contributed by atoms with Gasteiger partial charge in [0.15, 0.2) is 0 Å². The van der Waals surface area contributed by atoms with Crippen LogP contribution < -0.4 is 0 Å². The third kappa shape index (κ3) is 2.91. The monoisotopic (exact) mass is 195 g/mol. The second-order valence-corrected chi connectivity index (χ2v) is 3.62. The van der Waals surface area contributed by atoms with Crippen molar-refractivity contribution < 1.29 is 9.53 Å². The van der Waals surface area contributed by atoms with Gasteiger partial charge in [-0.15, -0.1) is 0 Å². The van der Waals surface area contributed by atoms with Gasteiger partial charge in [0, 0.05) is 25.4 Å². The first-order valence-electron chi connectivity index (χ1n) is 4.79. The van der Waals surface area contributed by atoms with Crippen LogP contribution in [0.1, 0.15) is 20.3 Å². The molecule has 3 nitrogen and oxygen atoms in total. The van der Waals surface area contributed by atoms with Gasteiger partial charge in [-0.25, -0.2) is 4.79 Å². The van der Waals surface area contributed by atoms with E-state index in [1.165, 1.54) is 24.3 Å². The summed E-state index contributed by atoms with van der Waals surface area (Å²) >= 11 is 0. The average molecular weight is 195 g/mol. The zero-order valence-electron chi connectivity index (χ0n) is 9.04. The minimum Gasteiger partial charge on any atom is -0.466 e. The van der Waals surface area contributed by atoms with Crippen molar-refractivity contribution in [3.63, 3.8) is 0 Å². The molecule has 1 rings (SSSR count). The number of hydrogen-bond donors (Lipinski definition) is 0. The molecule has 0 bridgehead atoms. The van der Waals surface area contributed by atoms with Gasteiger partial charge in [-0.1, -0.05) is 11.1 Å². The Labute approximate surface area is 85.0 Å². The molecule has 0 aliphatic carbocycles. The van der Waals surface area contributed by atoms with Crippen molar-refractivity contribution in [2.24, 2.45) is 0 Å². The average Bonchev–Trinajstić information content (AvgIpc) is 2.19. The molecule has 3 heteroatoms. The summed E-state index contributed by atoms with van der Waals surface area (Å²) < 4.78 is 4.52. The normalized spacial score (nSPS) is 17.8. The maximum absolute atomic E-state index is 10.9. The lowest BCUT2D eigenvalue weighted by Crippen LogP contribution is -2.26. The molecule has 14 heavy (non-hydrogen) atoms. The molecule has 0 atom stereocenters. The molecule has 1 heterocycles. The Balaban J connectivity index is 2.50. The molecule has 78 valence electrons. The van der Waals surface area contributed by atoms with Crippen molar-refractivity contribution in [2.75, 3.05) is 20.2 Å². The summed E-state index contributed by atoms with van der Waals surface area (Å²) in [6.07, 6.45) is 4.35. The van der Waals surface area contributed by atoms with E-state index < -0.39 is 0 Å². The summed E-state index contributed by atoms with van der Waals surface area (Å²) in [5, 5.41) is 0. The van der Waals surface area contributed by atoms with Gasteiger partial charge >= 0.3 is 5.97 Å². The molecule has 0 fully saturated rings. The molecule has 0 aromatic heterocycles. The molecule has 1 aliphatic rings. The van der Waals surface area contributed by atoms with E-state index in [0.717, 1.165) is 19.5 Å². The third-order valence-electron chi connectivity index (χ3n) is 2.57. The number of hydrogen-bond acceptors (Lipinski definition) is 3. The number of rotatable bonds is 2. The maximum Gasteiger partial charge on any atom is 0.331 e. The summed E-state index contributed by atoms with van der Waals surface area (Å²) in [7, 11) is 1.39. The molecule has 1 aliphatic heterocycles. The third-order valence-corrected chi connectivity index (χ3v) is 2.57. The summed E-state index contributed by atoms with van der Waals surface area (Å²) in [6.45, 7) is 6.19. The van der Waals surface area contributed by atoms with E-state index in [2.05, 4.69) is 23.5 Å². The van der Waals surface area contributed by atoms with Gasteiger partial charge in [0.2, 0.25) is 0 Å². The van der Waals surface area contributed by atoms with Gasteiger partial charge in [0.1, 0.15) is 0 Å². The van der Waals surface area contributed by atoms with Crippen molar-refractivity contribution in [3.05, 3.63) is 23.4 Å². The van der Waals surface area contributed by atoms with E-state index in [4.69, 9.17) is 0 Å². The SMILES string of the molecule is COC(=O)/C=C/N1CCC(C)=C(C)C1. The maximum atomic E-state index is 10.9. The standard InChI is InChI=1S/C11H17NO2/c1-9-4-6-12(8-10(9)2)7-5-11(13)14-3/h5,7H,4,6,8H2,1-3H3/b7-5+. The first kappa shape index (κ1) is 10.8. The van der Waals surface area contributed by atoms with Gasteiger partial charge in [0.25, 0.3) is 0 Å². The van der Waals surface area contributed by atoms with Crippen LogP contribution in [0, 0.1) is 0 Å². The van der Waals surface area contributed by atoms with Crippen LogP contribution in [-0.4, -0.2) is 31.1 Å². The van der Waals surface area contributed by atoms with Gasteiger partial charge < -0.3 is 9.64 Å². The smallest absolute Gasteiger partial charge is 0.331 e. The van der Waals surface area contributed by atoms with Crippen LogP contribution in [0.4, 0.5) is 0 Å². The fourth-order valence-corrected chi connectivity index (χ4v) is 1.40. The van der Waals surface area contributed by atoms with Crippen molar-refractivity contribution in [2.45, 2.75) is 20.3 Å². The minimum atomic E-state index is -0.297. The van der Waals surface area contributed by atoms with Gasteiger partial charge in [0.05, 0.1) is 7.11 Å². The Morgan fingerprint density at radius 2 is 2.14 bits per heavy atom. The van der Waals surface area contributed by atoms with E-state index in [1.807, 2.05) is 6.20 Å². The Hall–Kier alpha value is -1.25. The van der Waals surface area contributed by atoms with Crippen molar-refractivity contribution >= 4 is 5.97 Å². The molecule has 0 amide bonds. The Bertz CT molecular complexity index is 279. The summed E-state index contributed by atoms with van der Waals surface area (Å²) in [5.74, 6) is -0.297. The van der Waals surface area contributed by atoms with Crippen LogP contribution in [0.3, 0.4) is 0 Å². The molecule has 0 aromatic carbocycles. The first-order chi connectivity index (χ1) is 6.63. The van der Waals surface area contributed by atoms with Crippen LogP contribution in [0.2, 0.25) is 0 Å². The fraction of sp³-hybridized carbons (Fsp3) is 0.545. The highest BCUT2D eigenvalue weighted by Gasteiger charge is 2.10. The highest BCUT2D eigenvalue weighted by atomic mass is 16.5. The predicted octanol–water partition coefficient (Wildman–Crippen LogP) is 1.72. The number of carbonyl (C=O) groups excluding carboxylic acids is 1. The molecule has 0 unspecified atom stereocenters. The van der Waals surface area contributed by atoms with Crippen LogP contribution in [-0.2, 0) is 9.53 Å².